The van der Waals surface area contributed by atoms with Gasteiger partial charge in [0.05, 0.1) is 39.4 Å². The number of aliphatic hydroxyl groups excluding tert-OH is 1. The fourth-order valence-corrected chi connectivity index (χ4v) is 4.44. The van der Waals surface area contributed by atoms with Gasteiger partial charge in [-0.1, -0.05) is 26.0 Å². The molecule has 1 unspecified atom stereocenters. The predicted octanol–water partition coefficient (Wildman–Crippen LogP) is 4.35. The number of aliphatic hydroxyl groups is 1. The quantitative estimate of drug-likeness (QED) is 0.424. The number of hydrogen-bond donors (Lipinski definition) is 1. The predicted molar refractivity (Wildman–Crippen MR) is 136 cm³/mol. The molecule has 0 aromatic heterocycles. The van der Waals surface area contributed by atoms with Crippen molar-refractivity contribution in [2.75, 3.05) is 41.5 Å². The topological polar surface area (TPSA) is 92.0 Å². The zero-order valence-electron chi connectivity index (χ0n) is 21.8. The van der Waals surface area contributed by atoms with Gasteiger partial charge in [0.2, 0.25) is 0 Å². The van der Waals surface area contributed by atoms with E-state index in [1.165, 1.54) is 14.2 Å². The molecular weight excluding hydrogens is 444 g/mol. The first-order valence-corrected chi connectivity index (χ1v) is 11.9. The molecule has 0 aliphatic carbocycles. The maximum absolute atomic E-state index is 12.0. The van der Waals surface area contributed by atoms with E-state index in [0.29, 0.717) is 29.0 Å². The number of esters is 1. The Morgan fingerprint density at radius 1 is 1.09 bits per heavy atom. The summed E-state index contributed by atoms with van der Waals surface area (Å²) in [4.78, 5) is 14.3. The molecule has 0 aliphatic heterocycles. The van der Waals surface area contributed by atoms with E-state index in [2.05, 4.69) is 31.9 Å². The zero-order valence-corrected chi connectivity index (χ0v) is 21.8. The Bertz CT molecular complexity index is 1030. The molecule has 0 bridgehead atoms. The van der Waals surface area contributed by atoms with Crippen LogP contribution in [-0.4, -0.2) is 57.4 Å². The molecule has 0 saturated carbocycles. The van der Waals surface area contributed by atoms with Crippen molar-refractivity contribution in [3.8, 4) is 17.6 Å². The largest absolute Gasteiger partial charge is 0.496 e. The van der Waals surface area contributed by atoms with E-state index < -0.39 is 11.4 Å². The molecule has 0 amide bonds. The molecule has 0 saturated heterocycles. The Morgan fingerprint density at radius 2 is 1.77 bits per heavy atom. The van der Waals surface area contributed by atoms with E-state index in [1.807, 2.05) is 30.3 Å². The third kappa shape index (κ3) is 6.74. The molecule has 2 rings (SSSR count). The SMILES string of the molecule is COC(=O)c1cc(CCN(C)CCCC(C#N)(c2ccc(OC)c(CO)c2)C(C)C)ccc1OC. The number of nitrogens with zero attached hydrogens (tertiary/aromatic N) is 2. The minimum Gasteiger partial charge on any atom is -0.496 e. The number of likely N-dealkylation sites (N-methyl/N-ethyl adjacent to an activating group) is 1. The smallest absolute Gasteiger partial charge is 0.341 e. The number of hydrogen-bond acceptors (Lipinski definition) is 7. The molecule has 190 valence electrons. The normalized spacial score (nSPS) is 12.8. The molecular formula is C28H38N2O5. The molecule has 0 radical (unpaired) electrons. The second-order valence-electron chi connectivity index (χ2n) is 9.11. The number of nitriles is 1. The van der Waals surface area contributed by atoms with Crippen LogP contribution in [0.2, 0.25) is 0 Å². The molecule has 1 N–H and O–H groups in total. The lowest BCUT2D eigenvalue weighted by Gasteiger charge is -2.32. The van der Waals surface area contributed by atoms with Crippen molar-refractivity contribution in [1.29, 1.82) is 5.26 Å². The summed E-state index contributed by atoms with van der Waals surface area (Å²) in [5.74, 6) is 0.814. The van der Waals surface area contributed by atoms with Crippen molar-refractivity contribution in [2.24, 2.45) is 5.92 Å². The summed E-state index contributed by atoms with van der Waals surface area (Å²) < 4.78 is 15.5. The number of methoxy groups -OCH3 is 3. The van der Waals surface area contributed by atoms with Crippen molar-refractivity contribution in [1.82, 2.24) is 4.90 Å². The highest BCUT2D eigenvalue weighted by Gasteiger charge is 2.36. The number of benzene rings is 2. The lowest BCUT2D eigenvalue weighted by atomic mass is 9.69. The molecule has 2 aromatic rings. The molecule has 7 heteroatoms. The van der Waals surface area contributed by atoms with E-state index in [-0.39, 0.29) is 12.5 Å². The summed E-state index contributed by atoms with van der Waals surface area (Å²) in [7, 11) is 6.53. The molecule has 1 atom stereocenters. The van der Waals surface area contributed by atoms with Crippen LogP contribution in [0.15, 0.2) is 36.4 Å². The monoisotopic (exact) mass is 482 g/mol. The number of rotatable bonds is 13. The van der Waals surface area contributed by atoms with Crippen LogP contribution in [0.5, 0.6) is 11.5 Å². The molecule has 0 fully saturated rings. The van der Waals surface area contributed by atoms with E-state index in [9.17, 15) is 15.2 Å². The van der Waals surface area contributed by atoms with Crippen LogP contribution < -0.4 is 9.47 Å². The van der Waals surface area contributed by atoms with Crippen molar-refractivity contribution in [3.05, 3.63) is 58.7 Å². The van der Waals surface area contributed by atoms with Crippen molar-refractivity contribution in [2.45, 2.75) is 45.1 Å². The second-order valence-corrected chi connectivity index (χ2v) is 9.11. The Labute approximate surface area is 209 Å². The van der Waals surface area contributed by atoms with Gasteiger partial charge in [0.1, 0.15) is 17.1 Å². The fourth-order valence-electron chi connectivity index (χ4n) is 4.44. The second kappa shape index (κ2) is 13.1. The Morgan fingerprint density at radius 3 is 2.34 bits per heavy atom. The molecule has 7 nitrogen and oxygen atoms in total. The van der Waals surface area contributed by atoms with Gasteiger partial charge in [-0.15, -0.1) is 0 Å². The standard InChI is InChI=1S/C28H38N2O5/c1-20(2)28(19-29,23-9-11-25(33-4)22(17-23)18-31)13-7-14-30(3)15-12-21-8-10-26(34-5)24(16-21)27(32)35-6/h8-11,16-17,20,31H,7,12-15,18H2,1-6H3. The minimum absolute atomic E-state index is 0.105. The molecule has 0 aliphatic rings. The van der Waals surface area contributed by atoms with Crippen LogP contribution in [0.3, 0.4) is 0 Å². The first-order chi connectivity index (χ1) is 16.8. The summed E-state index contributed by atoms with van der Waals surface area (Å²) in [6.45, 7) is 5.64. The highest BCUT2D eigenvalue weighted by atomic mass is 16.5. The average Bonchev–Trinajstić information content (AvgIpc) is 2.88. The Balaban J connectivity index is 2.05. The minimum atomic E-state index is -0.650. The van der Waals surface area contributed by atoms with Gasteiger partial charge in [0, 0.05) is 12.1 Å². The van der Waals surface area contributed by atoms with Crippen LogP contribution in [-0.2, 0) is 23.2 Å². The summed E-state index contributed by atoms with van der Waals surface area (Å²) in [5, 5.41) is 20.0. The van der Waals surface area contributed by atoms with Gasteiger partial charge in [-0.05, 0) is 74.2 Å². The first-order valence-electron chi connectivity index (χ1n) is 11.9. The summed E-state index contributed by atoms with van der Waals surface area (Å²) in [5.41, 5.74) is 2.40. The average molecular weight is 483 g/mol. The molecule has 35 heavy (non-hydrogen) atoms. The van der Waals surface area contributed by atoms with Gasteiger partial charge in [-0.3, -0.25) is 0 Å². The number of carbonyl (C=O) groups is 1. The maximum atomic E-state index is 12.0. The first kappa shape index (κ1) is 28.2. The van der Waals surface area contributed by atoms with Gasteiger partial charge in [-0.25, -0.2) is 4.79 Å². The van der Waals surface area contributed by atoms with Crippen LogP contribution in [0.1, 0.15) is 53.7 Å². The summed E-state index contributed by atoms with van der Waals surface area (Å²) in [6, 6.07) is 13.8. The van der Waals surface area contributed by atoms with Crippen LogP contribution in [0.25, 0.3) is 0 Å². The van der Waals surface area contributed by atoms with Gasteiger partial charge in [0.25, 0.3) is 0 Å². The summed E-state index contributed by atoms with van der Waals surface area (Å²) in [6.07, 6.45) is 2.33. The highest BCUT2D eigenvalue weighted by Crippen LogP contribution is 2.38. The number of ether oxygens (including phenoxy) is 3. The van der Waals surface area contributed by atoms with Gasteiger partial charge in [-0.2, -0.15) is 5.26 Å². The van der Waals surface area contributed by atoms with E-state index in [1.54, 1.807) is 13.2 Å². The Kier molecular flexibility index (Phi) is 10.6. The van der Waals surface area contributed by atoms with Crippen LogP contribution in [0.4, 0.5) is 0 Å². The lowest BCUT2D eigenvalue weighted by molar-refractivity contribution is 0.0597. The van der Waals surface area contributed by atoms with Gasteiger partial charge < -0.3 is 24.2 Å². The number of carbonyl (C=O) groups excluding carboxylic acids is 1. The lowest BCUT2D eigenvalue weighted by Crippen LogP contribution is -2.32. The van der Waals surface area contributed by atoms with Gasteiger partial charge >= 0.3 is 5.97 Å². The van der Waals surface area contributed by atoms with Crippen molar-refractivity contribution >= 4 is 5.97 Å². The molecule has 0 spiro atoms. The zero-order chi connectivity index (χ0) is 26.0. The van der Waals surface area contributed by atoms with E-state index in [0.717, 1.165) is 37.1 Å². The molecule has 2 aromatic carbocycles. The maximum Gasteiger partial charge on any atom is 0.341 e. The van der Waals surface area contributed by atoms with Crippen LogP contribution in [0, 0.1) is 17.2 Å². The summed E-state index contributed by atoms with van der Waals surface area (Å²) >= 11 is 0. The van der Waals surface area contributed by atoms with Gasteiger partial charge in [0.15, 0.2) is 0 Å². The third-order valence-corrected chi connectivity index (χ3v) is 6.71. The Hall–Kier alpha value is -3.08. The van der Waals surface area contributed by atoms with Crippen molar-refractivity contribution < 1.29 is 24.1 Å². The fraction of sp³-hybridized carbons (Fsp3) is 0.500. The van der Waals surface area contributed by atoms with Crippen molar-refractivity contribution in [3.63, 3.8) is 0 Å². The van der Waals surface area contributed by atoms with Crippen LogP contribution >= 0.6 is 0 Å². The third-order valence-electron chi connectivity index (χ3n) is 6.71. The molecule has 0 heterocycles. The van der Waals surface area contributed by atoms with E-state index in [4.69, 9.17) is 14.2 Å². The highest BCUT2D eigenvalue weighted by molar-refractivity contribution is 5.92. The van der Waals surface area contributed by atoms with E-state index >= 15 is 0 Å².